The maximum absolute atomic E-state index is 10.8. The summed E-state index contributed by atoms with van der Waals surface area (Å²) in [6, 6.07) is 6.28. The molecule has 3 rings (SSSR count). The van der Waals surface area contributed by atoms with Gasteiger partial charge in [0, 0.05) is 22.5 Å². The van der Waals surface area contributed by atoms with Crippen molar-refractivity contribution >= 4 is 40.1 Å². The molecular formula is C16H14N2O2S2. The van der Waals surface area contributed by atoms with E-state index in [0.29, 0.717) is 0 Å². The SMILES string of the molecule is Cc1ccc(Sc2nc3sccn3c2C=CC(=O)O)c(C)c1. The molecule has 0 aliphatic carbocycles. The molecule has 0 unspecified atom stereocenters. The summed E-state index contributed by atoms with van der Waals surface area (Å²) in [6.07, 6.45) is 4.65. The maximum Gasteiger partial charge on any atom is 0.328 e. The van der Waals surface area contributed by atoms with Gasteiger partial charge in [0.05, 0.1) is 5.69 Å². The van der Waals surface area contributed by atoms with E-state index >= 15 is 0 Å². The number of imidazole rings is 1. The van der Waals surface area contributed by atoms with Crippen molar-refractivity contribution in [3.05, 3.63) is 52.7 Å². The van der Waals surface area contributed by atoms with Gasteiger partial charge in [-0.05, 0) is 31.6 Å². The maximum atomic E-state index is 10.8. The number of nitrogens with zero attached hydrogens (tertiary/aromatic N) is 2. The minimum Gasteiger partial charge on any atom is -0.478 e. The summed E-state index contributed by atoms with van der Waals surface area (Å²) in [6.45, 7) is 4.13. The molecule has 3 aromatic rings. The Morgan fingerprint density at radius 1 is 1.41 bits per heavy atom. The summed E-state index contributed by atoms with van der Waals surface area (Å²) in [7, 11) is 0. The van der Waals surface area contributed by atoms with Gasteiger partial charge in [-0.3, -0.25) is 4.40 Å². The first-order valence-electron chi connectivity index (χ1n) is 6.66. The molecule has 0 amide bonds. The Hall–Kier alpha value is -2.05. The zero-order chi connectivity index (χ0) is 15.7. The highest BCUT2D eigenvalue weighted by Gasteiger charge is 2.13. The molecule has 1 N–H and O–H groups in total. The predicted octanol–water partition coefficient (Wildman–Crippen LogP) is 4.26. The Morgan fingerprint density at radius 2 is 2.23 bits per heavy atom. The third-order valence-corrected chi connectivity index (χ3v) is 5.11. The van der Waals surface area contributed by atoms with E-state index < -0.39 is 5.97 Å². The van der Waals surface area contributed by atoms with Crippen LogP contribution in [0, 0.1) is 13.8 Å². The lowest BCUT2D eigenvalue weighted by Crippen LogP contribution is -1.89. The molecule has 0 aliphatic rings. The fourth-order valence-electron chi connectivity index (χ4n) is 2.18. The van der Waals surface area contributed by atoms with Crippen molar-refractivity contribution in [2.24, 2.45) is 0 Å². The molecule has 2 aromatic heterocycles. The number of aryl methyl sites for hydroxylation is 2. The first-order valence-corrected chi connectivity index (χ1v) is 8.36. The number of hydrogen-bond donors (Lipinski definition) is 1. The first kappa shape index (κ1) is 14.9. The van der Waals surface area contributed by atoms with Gasteiger partial charge in [-0.15, -0.1) is 11.3 Å². The highest BCUT2D eigenvalue weighted by atomic mass is 32.2. The van der Waals surface area contributed by atoms with Crippen molar-refractivity contribution in [2.45, 2.75) is 23.8 Å². The van der Waals surface area contributed by atoms with Crippen LogP contribution in [0.1, 0.15) is 16.8 Å². The van der Waals surface area contributed by atoms with Crippen LogP contribution in [-0.2, 0) is 4.79 Å². The van der Waals surface area contributed by atoms with E-state index in [1.54, 1.807) is 17.8 Å². The van der Waals surface area contributed by atoms with Crippen LogP contribution < -0.4 is 0 Å². The number of aromatic nitrogens is 2. The summed E-state index contributed by atoms with van der Waals surface area (Å²) < 4.78 is 1.91. The Kier molecular flexibility index (Phi) is 4.04. The summed E-state index contributed by atoms with van der Waals surface area (Å²) >= 11 is 3.09. The van der Waals surface area contributed by atoms with Gasteiger partial charge in [-0.1, -0.05) is 29.5 Å². The van der Waals surface area contributed by atoms with Crippen LogP contribution in [0.5, 0.6) is 0 Å². The van der Waals surface area contributed by atoms with Gasteiger partial charge in [0.25, 0.3) is 0 Å². The fourth-order valence-corrected chi connectivity index (χ4v) is 3.92. The Labute approximate surface area is 136 Å². The molecule has 0 spiro atoms. The van der Waals surface area contributed by atoms with Gasteiger partial charge in [-0.2, -0.15) is 0 Å². The van der Waals surface area contributed by atoms with Gasteiger partial charge in [0.1, 0.15) is 5.03 Å². The number of aliphatic carboxylic acids is 1. The molecule has 0 aliphatic heterocycles. The van der Waals surface area contributed by atoms with E-state index in [1.165, 1.54) is 22.5 Å². The molecule has 0 saturated carbocycles. The lowest BCUT2D eigenvalue weighted by molar-refractivity contribution is -0.131. The van der Waals surface area contributed by atoms with Crippen molar-refractivity contribution in [2.75, 3.05) is 0 Å². The van der Waals surface area contributed by atoms with Crippen molar-refractivity contribution in [1.29, 1.82) is 0 Å². The second-order valence-electron chi connectivity index (χ2n) is 4.90. The van der Waals surface area contributed by atoms with E-state index in [4.69, 9.17) is 5.11 Å². The van der Waals surface area contributed by atoms with Crippen LogP contribution >= 0.6 is 23.1 Å². The fraction of sp³-hybridized carbons (Fsp3) is 0.125. The normalized spacial score (nSPS) is 11.5. The highest BCUT2D eigenvalue weighted by molar-refractivity contribution is 7.99. The van der Waals surface area contributed by atoms with E-state index in [9.17, 15) is 4.79 Å². The van der Waals surface area contributed by atoms with Crippen molar-refractivity contribution in [3.8, 4) is 0 Å². The lowest BCUT2D eigenvalue weighted by Gasteiger charge is -2.05. The quantitative estimate of drug-likeness (QED) is 0.726. The minimum atomic E-state index is -0.965. The standard InChI is InChI=1S/C16H14N2O2S2/c1-10-3-5-13(11(2)9-10)22-15-12(4-6-14(19)20)18-7-8-21-16(18)17-15/h3-9H,1-2H3,(H,19,20). The molecule has 4 nitrogen and oxygen atoms in total. The zero-order valence-electron chi connectivity index (χ0n) is 12.1. The molecule has 22 heavy (non-hydrogen) atoms. The van der Waals surface area contributed by atoms with Crippen molar-refractivity contribution < 1.29 is 9.90 Å². The smallest absolute Gasteiger partial charge is 0.328 e. The molecule has 2 heterocycles. The zero-order valence-corrected chi connectivity index (χ0v) is 13.7. The summed E-state index contributed by atoms with van der Waals surface area (Å²) in [5.41, 5.74) is 3.21. The molecule has 112 valence electrons. The third-order valence-electron chi connectivity index (χ3n) is 3.19. The first-order chi connectivity index (χ1) is 10.5. The van der Waals surface area contributed by atoms with Gasteiger partial charge >= 0.3 is 5.97 Å². The lowest BCUT2D eigenvalue weighted by atomic mass is 10.2. The molecule has 6 heteroatoms. The van der Waals surface area contributed by atoms with Crippen LogP contribution in [0.2, 0.25) is 0 Å². The number of carboxylic acids is 1. The molecule has 0 radical (unpaired) electrons. The van der Waals surface area contributed by atoms with E-state index in [-0.39, 0.29) is 0 Å². The van der Waals surface area contributed by atoms with Crippen molar-refractivity contribution in [1.82, 2.24) is 9.38 Å². The second-order valence-corrected chi connectivity index (χ2v) is 6.80. The second kappa shape index (κ2) is 5.98. The number of carbonyl (C=O) groups is 1. The number of benzene rings is 1. The molecule has 0 atom stereocenters. The van der Waals surface area contributed by atoms with E-state index in [1.807, 2.05) is 16.0 Å². The van der Waals surface area contributed by atoms with Gasteiger partial charge in [-0.25, -0.2) is 9.78 Å². The Balaban J connectivity index is 2.04. The van der Waals surface area contributed by atoms with Crippen LogP contribution in [0.25, 0.3) is 11.0 Å². The van der Waals surface area contributed by atoms with Crippen molar-refractivity contribution in [3.63, 3.8) is 0 Å². The average Bonchev–Trinajstić information content (AvgIpc) is 3.00. The number of carboxylic acid groups (broad SMARTS) is 1. The van der Waals surface area contributed by atoms with Gasteiger partial charge in [0.2, 0.25) is 0 Å². The number of hydrogen-bond acceptors (Lipinski definition) is 4. The summed E-state index contributed by atoms with van der Waals surface area (Å²) in [4.78, 5) is 17.4. The largest absolute Gasteiger partial charge is 0.478 e. The molecule has 0 saturated heterocycles. The molecule has 1 aromatic carbocycles. The summed E-state index contributed by atoms with van der Waals surface area (Å²) in [5, 5.41) is 11.6. The highest BCUT2D eigenvalue weighted by Crippen LogP contribution is 2.34. The Morgan fingerprint density at radius 3 is 2.95 bits per heavy atom. The van der Waals surface area contributed by atoms with E-state index in [2.05, 4.69) is 37.0 Å². The molecule has 0 bridgehead atoms. The van der Waals surface area contributed by atoms with Crippen LogP contribution in [0.4, 0.5) is 0 Å². The minimum absolute atomic E-state index is 0.795. The van der Waals surface area contributed by atoms with E-state index in [0.717, 1.165) is 26.7 Å². The molecule has 0 fully saturated rings. The summed E-state index contributed by atoms with van der Waals surface area (Å²) in [5.74, 6) is -0.965. The topological polar surface area (TPSA) is 54.6 Å². The van der Waals surface area contributed by atoms with Gasteiger partial charge < -0.3 is 5.11 Å². The Bertz CT molecular complexity index is 878. The number of fused-ring (bicyclic) bond motifs is 1. The number of thiazole rings is 1. The monoisotopic (exact) mass is 330 g/mol. The third kappa shape index (κ3) is 2.93. The van der Waals surface area contributed by atoms with Crippen LogP contribution in [0.15, 0.2) is 45.8 Å². The van der Waals surface area contributed by atoms with Crippen LogP contribution in [-0.4, -0.2) is 20.5 Å². The van der Waals surface area contributed by atoms with Gasteiger partial charge in [0.15, 0.2) is 4.96 Å². The number of rotatable bonds is 4. The van der Waals surface area contributed by atoms with Crippen LogP contribution in [0.3, 0.4) is 0 Å². The molecular weight excluding hydrogens is 316 g/mol. The predicted molar refractivity (Wildman–Crippen MR) is 89.8 cm³/mol. The average molecular weight is 330 g/mol.